The lowest BCUT2D eigenvalue weighted by atomic mass is 10.1. The van der Waals surface area contributed by atoms with Gasteiger partial charge in [0.1, 0.15) is 17.7 Å². The Morgan fingerprint density at radius 1 is 0.969 bits per heavy atom. The maximum absolute atomic E-state index is 13.5. The molecule has 0 saturated heterocycles. The van der Waals surface area contributed by atoms with Crippen molar-refractivity contribution in [2.24, 2.45) is 0 Å². The average Bonchev–Trinajstić information content (AvgIpc) is 3.64. The number of imidazole rings is 1. The lowest BCUT2D eigenvalue weighted by molar-refractivity contribution is -0.432. The number of unbranched alkanes of at least 4 members (excludes halogenated alkanes) is 3. The number of hydrogen-bond acceptors (Lipinski definition) is 14. The number of nitrogens with one attached hydrogen (secondary N) is 5. The molecule has 0 bridgehead atoms. The van der Waals surface area contributed by atoms with Crippen LogP contribution in [-0.4, -0.2) is 102 Å². The third kappa shape index (κ3) is 14.9. The zero-order valence-electron chi connectivity index (χ0n) is 34.8. The fourth-order valence-electron chi connectivity index (χ4n) is 6.55. The Labute approximate surface area is 373 Å². The summed E-state index contributed by atoms with van der Waals surface area (Å²) in [4.78, 5) is 76.4. The molecule has 0 unspecified atom stereocenters. The molecule has 3 amide bonds. The van der Waals surface area contributed by atoms with Gasteiger partial charge in [0.15, 0.2) is 0 Å². The van der Waals surface area contributed by atoms with Gasteiger partial charge in [0.25, 0.3) is 11.8 Å². The van der Waals surface area contributed by atoms with E-state index >= 15 is 0 Å². The Hall–Kier alpha value is -6.79. The number of para-hydroxylation sites is 2. The monoisotopic (exact) mass is 925 g/mol. The van der Waals surface area contributed by atoms with Crippen molar-refractivity contribution in [2.45, 2.75) is 68.9 Å². The molecule has 0 fully saturated rings. The first-order chi connectivity index (χ1) is 31.1. The van der Waals surface area contributed by atoms with E-state index in [9.17, 15) is 37.5 Å². The number of aromatic amines is 1. The Bertz CT molecular complexity index is 2390. The Balaban J connectivity index is 0.00000105. The predicted molar refractivity (Wildman–Crippen MR) is 230 cm³/mol. The third-order valence-corrected chi connectivity index (χ3v) is 10.4. The number of fused-ring (bicyclic) bond motifs is 2. The van der Waals surface area contributed by atoms with E-state index < -0.39 is 24.2 Å². The normalized spacial score (nSPS) is 13.5. The number of hydrogen-bond donors (Lipinski definition) is 8. The summed E-state index contributed by atoms with van der Waals surface area (Å²) in [6.45, 7) is 1.79. The second kappa shape index (κ2) is 23.8. The van der Waals surface area contributed by atoms with Gasteiger partial charge in [0, 0.05) is 55.6 Å². The summed E-state index contributed by atoms with van der Waals surface area (Å²) in [7, 11) is 1.70. The minimum Gasteiger partial charge on any atom is -0.481 e. The highest BCUT2D eigenvalue weighted by Crippen LogP contribution is 2.27. The molecule has 6 rings (SSSR count). The number of H-pyrrole nitrogens is 1. The van der Waals surface area contributed by atoms with Crippen molar-refractivity contribution in [2.75, 3.05) is 30.9 Å². The molecule has 0 radical (unpaired) electrons. The number of halogens is 3. The number of aromatic nitrogens is 3. The van der Waals surface area contributed by atoms with Gasteiger partial charge >= 0.3 is 18.1 Å². The summed E-state index contributed by atoms with van der Waals surface area (Å²) in [6, 6.07) is 22.6. The van der Waals surface area contributed by atoms with E-state index in [-0.39, 0.29) is 37.2 Å². The number of aliphatic carboxylic acids is 2. The molecule has 2 aromatic heterocycles. The van der Waals surface area contributed by atoms with Crippen molar-refractivity contribution in [3.05, 3.63) is 113 Å². The molecule has 0 saturated carbocycles. The van der Waals surface area contributed by atoms with Crippen molar-refractivity contribution in [1.82, 2.24) is 35.5 Å². The highest BCUT2D eigenvalue weighted by atomic mass is 32.2. The van der Waals surface area contributed by atoms with Gasteiger partial charge in [-0.1, -0.05) is 48.2 Å². The van der Waals surface area contributed by atoms with Crippen molar-refractivity contribution in [1.29, 1.82) is 0 Å². The SMILES string of the molecule is CN(Cc1nc2ccccc2[nH]1)C(=O)c1ccc2c(c1)CN(CCCCCCNC(=O)c1ccc(NNCc3ccccc3SOOO)nc1)C(=O)[C@H](CC(=O)O)N2.O=C(O)C(F)(F)F. The Kier molecular flexibility index (Phi) is 18.0. The van der Waals surface area contributed by atoms with Crippen LogP contribution >= 0.6 is 12.0 Å². The van der Waals surface area contributed by atoms with Gasteiger partial charge in [-0.25, -0.2) is 25.4 Å². The number of carboxylic acids is 2. The van der Waals surface area contributed by atoms with E-state index in [4.69, 9.17) is 15.2 Å². The summed E-state index contributed by atoms with van der Waals surface area (Å²) in [6.07, 6.45) is -0.985. The summed E-state index contributed by atoms with van der Waals surface area (Å²) in [5.41, 5.74) is 10.8. The number of carbonyl (C=O) groups is 5. The lowest BCUT2D eigenvalue weighted by Crippen LogP contribution is -2.42. The van der Waals surface area contributed by atoms with Crippen LogP contribution in [0.25, 0.3) is 11.0 Å². The van der Waals surface area contributed by atoms with Gasteiger partial charge in [0.05, 0.1) is 41.6 Å². The highest BCUT2D eigenvalue weighted by molar-refractivity contribution is 7.94. The van der Waals surface area contributed by atoms with Gasteiger partial charge in [-0.15, -0.1) is 4.33 Å². The number of benzene rings is 3. The molecule has 1 aliphatic heterocycles. The van der Waals surface area contributed by atoms with Crippen LogP contribution in [-0.2, 0) is 43.4 Å². The molecule has 65 heavy (non-hydrogen) atoms. The maximum Gasteiger partial charge on any atom is 0.490 e. The fourth-order valence-corrected chi connectivity index (χ4v) is 7.04. The molecule has 3 aromatic carbocycles. The molecule has 23 heteroatoms. The molecule has 346 valence electrons. The standard InChI is InChI=1S/C40H45N9O8S.C2HF3O2/c1-48(25-36-45-31-11-5-6-12-32(31)46-36)39(53)26-14-16-30-29(20-26)24-49(40(54)33(44-30)21-37(50)51)19-9-3-2-8-18-41-38(52)28-15-17-35(42-22-28)47-43-23-27-10-4-7-13-34(27)58-57-56-55;3-2(4,5)1(6)7/h4-7,10-17,20,22,33,43-44,55H,2-3,8-9,18-19,21,23-25H2,1H3,(H,41,52)(H,42,47)(H,45,46)(H,50,51);(H,6,7)/t33-;/m0./s1. The summed E-state index contributed by atoms with van der Waals surface area (Å²) in [5, 5.41) is 34.8. The zero-order chi connectivity index (χ0) is 46.9. The topological polar surface area (TPSA) is 261 Å². The minimum atomic E-state index is -5.08. The number of nitrogens with zero attached hydrogens (tertiary/aromatic N) is 4. The minimum absolute atomic E-state index is 0.213. The summed E-state index contributed by atoms with van der Waals surface area (Å²) >= 11 is 0.874. The molecular weight excluding hydrogens is 880 g/mol. The fraction of sp³-hybridized carbons (Fsp3) is 0.310. The third-order valence-electron chi connectivity index (χ3n) is 9.73. The van der Waals surface area contributed by atoms with Crippen LogP contribution in [0.15, 0.2) is 90.0 Å². The summed E-state index contributed by atoms with van der Waals surface area (Å²) in [5.74, 6) is -3.44. The molecule has 1 atom stereocenters. The van der Waals surface area contributed by atoms with Crippen molar-refractivity contribution < 1.29 is 62.0 Å². The van der Waals surface area contributed by atoms with Gasteiger partial charge < -0.3 is 41.1 Å². The van der Waals surface area contributed by atoms with Gasteiger partial charge in [0.2, 0.25) is 5.91 Å². The molecule has 5 aromatic rings. The number of anilines is 2. The molecule has 0 spiro atoms. The first-order valence-corrected chi connectivity index (χ1v) is 20.7. The zero-order valence-corrected chi connectivity index (χ0v) is 35.6. The van der Waals surface area contributed by atoms with Crippen molar-refractivity contribution in [3.63, 3.8) is 0 Å². The average molecular weight is 926 g/mol. The van der Waals surface area contributed by atoms with Gasteiger partial charge in [-0.2, -0.15) is 13.2 Å². The number of carboxylic acid groups (broad SMARTS) is 2. The molecule has 3 heterocycles. The van der Waals surface area contributed by atoms with Crippen LogP contribution in [0.4, 0.5) is 24.7 Å². The predicted octanol–water partition coefficient (Wildman–Crippen LogP) is 6.00. The molecule has 8 N–H and O–H groups in total. The van der Waals surface area contributed by atoms with E-state index in [0.29, 0.717) is 54.5 Å². The molecule has 19 nitrogen and oxygen atoms in total. The highest BCUT2D eigenvalue weighted by Gasteiger charge is 2.38. The van der Waals surface area contributed by atoms with Crippen LogP contribution in [0.2, 0.25) is 0 Å². The smallest absolute Gasteiger partial charge is 0.481 e. The lowest BCUT2D eigenvalue weighted by Gasteiger charge is -2.24. The van der Waals surface area contributed by atoms with Crippen LogP contribution in [0.5, 0.6) is 0 Å². The van der Waals surface area contributed by atoms with Crippen LogP contribution in [0, 0.1) is 0 Å². The van der Waals surface area contributed by atoms with E-state index in [1.807, 2.05) is 48.5 Å². The van der Waals surface area contributed by atoms with Crippen molar-refractivity contribution in [3.8, 4) is 0 Å². The molecule has 1 aliphatic rings. The second-order valence-electron chi connectivity index (χ2n) is 14.5. The van der Waals surface area contributed by atoms with Crippen LogP contribution in [0.1, 0.15) is 69.8 Å². The number of hydrazine groups is 1. The van der Waals surface area contributed by atoms with Gasteiger partial charge in [-0.3, -0.25) is 19.2 Å². The van der Waals surface area contributed by atoms with Crippen LogP contribution < -0.4 is 21.5 Å². The number of carbonyl (C=O) groups excluding carboxylic acids is 3. The Morgan fingerprint density at radius 2 is 1.69 bits per heavy atom. The van der Waals surface area contributed by atoms with E-state index in [0.717, 1.165) is 58.4 Å². The quantitative estimate of drug-likeness (QED) is 0.0193. The number of pyridine rings is 1. The number of amides is 3. The maximum atomic E-state index is 13.5. The largest absolute Gasteiger partial charge is 0.490 e. The van der Waals surface area contributed by atoms with Crippen molar-refractivity contribution >= 4 is 64.2 Å². The summed E-state index contributed by atoms with van der Waals surface area (Å²) < 4.78 is 36.3. The number of alkyl halides is 3. The number of rotatable bonds is 20. The van der Waals surface area contributed by atoms with Crippen LogP contribution in [0.3, 0.4) is 0 Å². The van der Waals surface area contributed by atoms with E-state index in [1.165, 1.54) is 6.20 Å². The van der Waals surface area contributed by atoms with E-state index in [1.54, 1.807) is 47.2 Å². The molecule has 0 aliphatic carbocycles. The first kappa shape index (κ1) is 49.2. The van der Waals surface area contributed by atoms with Gasteiger partial charge in [-0.05, 0) is 72.5 Å². The molecular formula is C42H46F3N9O10S. The Morgan fingerprint density at radius 3 is 2.40 bits per heavy atom. The van der Waals surface area contributed by atoms with E-state index in [2.05, 4.69) is 45.8 Å². The first-order valence-electron chi connectivity index (χ1n) is 20.0. The second-order valence-corrected chi connectivity index (χ2v) is 15.2.